The summed E-state index contributed by atoms with van der Waals surface area (Å²) in [7, 11) is -2.37. The summed E-state index contributed by atoms with van der Waals surface area (Å²) in [5, 5.41) is 0.387. The third-order valence-corrected chi connectivity index (χ3v) is 7.54. The number of halogens is 2. The molecule has 1 aliphatic heterocycles. The summed E-state index contributed by atoms with van der Waals surface area (Å²) in [6.45, 7) is 0.575. The van der Waals surface area contributed by atoms with Crippen LogP contribution in [0.3, 0.4) is 0 Å². The molecule has 2 aromatic carbocycles. The minimum atomic E-state index is -3.84. The van der Waals surface area contributed by atoms with Gasteiger partial charge >= 0.3 is 0 Å². The Morgan fingerprint density at radius 1 is 1.03 bits per heavy atom. The summed E-state index contributed by atoms with van der Waals surface area (Å²) < 4.78 is 47.6. The molecule has 0 aliphatic carbocycles. The molecule has 7 nitrogen and oxygen atoms in total. The van der Waals surface area contributed by atoms with Gasteiger partial charge in [0.05, 0.1) is 28.3 Å². The molecule has 2 heterocycles. The smallest absolute Gasteiger partial charge is 0.257 e. The van der Waals surface area contributed by atoms with E-state index in [4.69, 9.17) is 16.3 Å². The number of carbonyl (C=O) groups excluding carboxylic acids is 1. The van der Waals surface area contributed by atoms with Crippen LogP contribution in [0, 0.1) is 5.82 Å². The molecule has 0 atom stereocenters. The third-order valence-electron chi connectivity index (χ3n) is 5.34. The lowest BCUT2D eigenvalue weighted by Crippen LogP contribution is -2.50. The maximum Gasteiger partial charge on any atom is 0.257 e. The highest BCUT2D eigenvalue weighted by molar-refractivity contribution is 7.89. The third kappa shape index (κ3) is 4.23. The second-order valence-corrected chi connectivity index (χ2v) is 9.59. The van der Waals surface area contributed by atoms with E-state index < -0.39 is 15.8 Å². The lowest BCUT2D eigenvalue weighted by molar-refractivity contribution is 0.0694. The highest BCUT2D eigenvalue weighted by atomic mass is 35.5. The Kier molecular flexibility index (Phi) is 6.23. The van der Waals surface area contributed by atoms with E-state index in [0.717, 1.165) is 6.07 Å². The summed E-state index contributed by atoms with van der Waals surface area (Å²) >= 11 is 6.43. The number of hydrogen-bond donors (Lipinski definition) is 0. The van der Waals surface area contributed by atoms with E-state index in [1.807, 2.05) is 29.1 Å². The van der Waals surface area contributed by atoms with Crippen molar-refractivity contribution in [3.63, 3.8) is 0 Å². The molecule has 4 rings (SSSR count). The Hall–Kier alpha value is -2.88. The average Bonchev–Trinajstić information content (AvgIpc) is 3.33. The van der Waals surface area contributed by atoms with Crippen molar-refractivity contribution in [3.05, 3.63) is 77.3 Å². The standard InChI is InChI=1S/C22H21ClFN3O4S/c1-31-21-15-20(25-7-2-3-8-25)19(23)14-18(21)22(28)26-9-11-27(12-10-26)32(29,30)17-6-4-5-16(24)13-17/h2-8,13-15H,9-12H2,1H3. The van der Waals surface area contributed by atoms with Gasteiger partial charge in [-0.2, -0.15) is 4.31 Å². The minimum absolute atomic E-state index is 0.0993. The van der Waals surface area contributed by atoms with Gasteiger partial charge in [0.1, 0.15) is 11.6 Å². The van der Waals surface area contributed by atoms with E-state index in [1.165, 1.54) is 29.6 Å². The van der Waals surface area contributed by atoms with Crippen molar-refractivity contribution in [1.29, 1.82) is 0 Å². The van der Waals surface area contributed by atoms with Gasteiger partial charge < -0.3 is 14.2 Å². The number of benzene rings is 2. The number of methoxy groups -OCH3 is 1. The van der Waals surface area contributed by atoms with E-state index >= 15 is 0 Å². The number of sulfonamides is 1. The minimum Gasteiger partial charge on any atom is -0.496 e. The predicted octanol–water partition coefficient (Wildman–Crippen LogP) is 3.43. The van der Waals surface area contributed by atoms with Crippen LogP contribution in [-0.4, -0.2) is 61.4 Å². The van der Waals surface area contributed by atoms with Gasteiger partial charge in [0.25, 0.3) is 5.91 Å². The van der Waals surface area contributed by atoms with Crippen LogP contribution >= 0.6 is 11.6 Å². The van der Waals surface area contributed by atoms with Crippen molar-refractivity contribution in [2.45, 2.75) is 4.90 Å². The predicted molar refractivity (Wildman–Crippen MR) is 118 cm³/mol. The van der Waals surface area contributed by atoms with Gasteiger partial charge in [-0.1, -0.05) is 17.7 Å². The topological polar surface area (TPSA) is 71.8 Å². The lowest BCUT2D eigenvalue weighted by Gasteiger charge is -2.34. The Bertz CT molecular complexity index is 1240. The van der Waals surface area contributed by atoms with Gasteiger partial charge in [0.15, 0.2) is 0 Å². The van der Waals surface area contributed by atoms with Crippen LogP contribution in [0.15, 0.2) is 65.8 Å². The van der Waals surface area contributed by atoms with Crippen molar-refractivity contribution in [2.24, 2.45) is 0 Å². The summed E-state index contributed by atoms with van der Waals surface area (Å²) in [5.74, 6) is -0.546. The van der Waals surface area contributed by atoms with Crippen LogP contribution in [0.25, 0.3) is 5.69 Å². The summed E-state index contributed by atoms with van der Waals surface area (Å²) in [6.07, 6.45) is 3.67. The normalized spacial score (nSPS) is 15.0. The molecule has 0 unspecified atom stereocenters. The monoisotopic (exact) mass is 477 g/mol. The fraction of sp³-hybridized carbons (Fsp3) is 0.227. The molecule has 10 heteroatoms. The first kappa shape index (κ1) is 22.3. The van der Waals surface area contributed by atoms with E-state index in [9.17, 15) is 17.6 Å². The molecule has 0 spiro atoms. The van der Waals surface area contributed by atoms with E-state index in [2.05, 4.69) is 0 Å². The molecule has 32 heavy (non-hydrogen) atoms. The summed E-state index contributed by atoms with van der Waals surface area (Å²) in [6, 6.07) is 11.9. The Morgan fingerprint density at radius 3 is 2.34 bits per heavy atom. The highest BCUT2D eigenvalue weighted by Gasteiger charge is 2.31. The fourth-order valence-corrected chi connectivity index (χ4v) is 5.37. The molecule has 0 bridgehead atoms. The Morgan fingerprint density at radius 2 is 1.72 bits per heavy atom. The molecular weight excluding hydrogens is 457 g/mol. The Balaban J connectivity index is 1.52. The van der Waals surface area contributed by atoms with Crippen LogP contribution in [-0.2, 0) is 10.0 Å². The van der Waals surface area contributed by atoms with Crippen LogP contribution in [0.2, 0.25) is 5.02 Å². The van der Waals surface area contributed by atoms with Crippen LogP contribution < -0.4 is 4.74 Å². The van der Waals surface area contributed by atoms with Crippen LogP contribution in [0.1, 0.15) is 10.4 Å². The van der Waals surface area contributed by atoms with Crippen molar-refractivity contribution in [3.8, 4) is 11.4 Å². The molecular formula is C22H21ClFN3O4S. The van der Waals surface area contributed by atoms with E-state index in [-0.39, 0.29) is 37.0 Å². The maximum atomic E-state index is 13.5. The molecule has 3 aromatic rings. The van der Waals surface area contributed by atoms with Gasteiger partial charge in [-0.25, -0.2) is 12.8 Å². The van der Waals surface area contributed by atoms with Crippen molar-refractivity contribution in [1.82, 2.24) is 13.8 Å². The number of hydrogen-bond acceptors (Lipinski definition) is 4. The van der Waals surface area contributed by atoms with Gasteiger partial charge in [-0.05, 0) is 36.4 Å². The van der Waals surface area contributed by atoms with Crippen molar-refractivity contribution < 1.29 is 22.3 Å². The molecule has 0 saturated carbocycles. The second kappa shape index (κ2) is 8.93. The first-order chi connectivity index (χ1) is 15.3. The molecule has 0 N–H and O–H groups in total. The van der Waals surface area contributed by atoms with Crippen LogP contribution in [0.5, 0.6) is 5.75 Å². The lowest BCUT2D eigenvalue weighted by atomic mass is 10.1. The zero-order valence-electron chi connectivity index (χ0n) is 17.2. The zero-order valence-corrected chi connectivity index (χ0v) is 18.8. The summed E-state index contributed by atoms with van der Waals surface area (Å²) in [4.78, 5) is 14.6. The van der Waals surface area contributed by atoms with Crippen molar-refractivity contribution in [2.75, 3.05) is 33.3 Å². The SMILES string of the molecule is COc1cc(-n2cccc2)c(Cl)cc1C(=O)N1CCN(S(=O)(=O)c2cccc(F)c2)CC1. The molecule has 168 valence electrons. The second-order valence-electron chi connectivity index (χ2n) is 7.25. The number of carbonyl (C=O) groups is 1. The number of nitrogens with zero attached hydrogens (tertiary/aromatic N) is 3. The van der Waals surface area contributed by atoms with Crippen LogP contribution in [0.4, 0.5) is 4.39 Å². The zero-order chi connectivity index (χ0) is 22.9. The van der Waals surface area contributed by atoms with Gasteiger partial charge in [-0.15, -0.1) is 0 Å². The van der Waals surface area contributed by atoms with Crippen molar-refractivity contribution >= 4 is 27.5 Å². The molecule has 1 aromatic heterocycles. The van der Waals surface area contributed by atoms with E-state index in [1.54, 1.807) is 17.0 Å². The number of piperazine rings is 1. The molecule has 0 radical (unpaired) electrons. The molecule has 1 aliphatic rings. The molecule has 1 saturated heterocycles. The highest BCUT2D eigenvalue weighted by Crippen LogP contribution is 2.31. The number of amides is 1. The number of rotatable bonds is 5. The maximum absolute atomic E-state index is 13.5. The fourth-order valence-electron chi connectivity index (χ4n) is 3.65. The average molecular weight is 478 g/mol. The van der Waals surface area contributed by atoms with Gasteiger partial charge in [-0.3, -0.25) is 4.79 Å². The quantitative estimate of drug-likeness (QED) is 0.564. The summed E-state index contributed by atoms with van der Waals surface area (Å²) in [5.41, 5.74) is 0.978. The molecule has 1 amide bonds. The Labute approximate surface area is 190 Å². The largest absolute Gasteiger partial charge is 0.496 e. The van der Waals surface area contributed by atoms with Gasteiger partial charge in [0.2, 0.25) is 10.0 Å². The van der Waals surface area contributed by atoms with Gasteiger partial charge in [0, 0.05) is 44.6 Å². The molecule has 1 fully saturated rings. The number of ether oxygens (including phenoxy) is 1. The van der Waals surface area contributed by atoms with E-state index in [0.29, 0.717) is 22.0 Å². The number of aromatic nitrogens is 1. The first-order valence-electron chi connectivity index (χ1n) is 9.87. The first-order valence-corrected chi connectivity index (χ1v) is 11.7.